The summed E-state index contributed by atoms with van der Waals surface area (Å²) in [6, 6.07) is 20.8. The van der Waals surface area contributed by atoms with Crippen molar-refractivity contribution in [3.8, 4) is 0 Å². The number of carboxylic acids is 2. The van der Waals surface area contributed by atoms with E-state index in [4.69, 9.17) is 14.2 Å². The average Bonchev–Trinajstić information content (AvgIpc) is 1.63. The molecule has 22 nitrogen and oxygen atoms in total. The third-order valence-corrected chi connectivity index (χ3v) is 21.5. The minimum Gasteiger partial charge on any atom is -0.481 e. The van der Waals surface area contributed by atoms with Gasteiger partial charge in [-0.2, -0.15) is 0 Å². The van der Waals surface area contributed by atoms with E-state index in [1.165, 1.54) is 25.7 Å². The number of nitrogens with zero attached hydrogens (tertiary/aromatic N) is 1. The summed E-state index contributed by atoms with van der Waals surface area (Å²) < 4.78 is 15.1. The van der Waals surface area contributed by atoms with Crippen LogP contribution >= 0.6 is 0 Å². The third-order valence-electron chi connectivity index (χ3n) is 21.5. The Morgan fingerprint density at radius 3 is 1.43 bits per heavy atom. The highest BCUT2D eigenvalue weighted by atomic mass is 16.6. The van der Waals surface area contributed by atoms with Gasteiger partial charge in [0.05, 0.1) is 41.4 Å². The van der Waals surface area contributed by atoms with Gasteiger partial charge in [0.25, 0.3) is 0 Å². The lowest BCUT2D eigenvalue weighted by molar-refractivity contribution is -0.156. The van der Waals surface area contributed by atoms with Crippen LogP contribution in [0.15, 0.2) is 109 Å². The highest BCUT2D eigenvalue weighted by molar-refractivity contribution is 6.45. The lowest BCUT2D eigenvalue weighted by Crippen LogP contribution is -2.47. The average molecular weight is 1530 g/mol. The Hall–Kier alpha value is -7.24. The largest absolute Gasteiger partial charge is 0.481 e. The Morgan fingerprint density at radius 1 is 0.545 bits per heavy atom. The van der Waals surface area contributed by atoms with Gasteiger partial charge in [0.2, 0.25) is 11.8 Å². The maximum atomic E-state index is 14.4. The Balaban J connectivity index is 0.000000464. The molecular weight excluding hydrogens is 1390 g/mol. The normalized spacial score (nSPS) is 20.1. The second kappa shape index (κ2) is 52.9. The van der Waals surface area contributed by atoms with Crippen molar-refractivity contribution < 1.29 is 77.6 Å². The third kappa shape index (κ3) is 36.5. The number of carboxylic acid groups (broad SMARTS) is 2. The summed E-state index contributed by atoms with van der Waals surface area (Å²) in [5.41, 5.74) is 1.65. The SMILES string of the molecule is CB(O)NCCCCCCNC(=O)C(C)C(CC(C1C=CC=CC1)C(C(=O)NCCCCCCNB(C)O)C(CC(C)c1ccccc1)C(=O)O)C(=O)O.CC(CC1C(=O)OC(=O)C1C(CC1C(=O)OC(=O)C1C)C1C=CC=CC1)c1ccccc1.CCCCCCCNC(=O)OC(C)(C)C.CCN(C(C)C)C(C)C. The van der Waals surface area contributed by atoms with E-state index < -0.39 is 115 Å². The highest BCUT2D eigenvalue weighted by Crippen LogP contribution is 2.47. The maximum absolute atomic E-state index is 14.4. The van der Waals surface area contributed by atoms with Crippen LogP contribution in [0.5, 0.6) is 0 Å². The number of unbranched alkanes of at least 4 members (excludes halogenated alkanes) is 10. The van der Waals surface area contributed by atoms with Crippen LogP contribution < -0.4 is 26.4 Å². The molecule has 6 rings (SSSR count). The fourth-order valence-electron chi connectivity index (χ4n) is 15.3. The number of cyclic esters (lactones) is 4. The zero-order chi connectivity index (χ0) is 81.9. The molecule has 9 N–H and O–H groups in total. The Morgan fingerprint density at radius 2 is 1.00 bits per heavy atom. The van der Waals surface area contributed by atoms with E-state index in [2.05, 4.69) is 72.8 Å². The highest BCUT2D eigenvalue weighted by Gasteiger charge is 2.53. The standard InChI is InChI=1S/C40H66B2N4O8.C26H28O6.C12H25NO2.C8H19N/c1-29(31-19-11-9-12-20-31)27-35(40(51)52)36(38(48)44-24-16-6-8-18-26-46-42(4)54)34(32-21-13-10-14-22-32)28-33(39(49)50)30(2)37(47)43-23-15-5-7-17-25-45-41(3)53;1-15(17-9-5-3-6-10-17)13-21-22(26(30)32-25(21)29)20(18-11-7-4-8-12-18)14-19-16(2)23(27)31-24(19)28;1-5-6-7-8-9-10-13-11(14)15-12(2,3)4;1-6-9(7(2)3)8(4)5/h9-14,19-21,29-30,32-36,45-46,53-54H,5-8,15-18,22-28H2,1-4H3,(H,43,47)(H,44,48)(H,49,50)(H,51,52);3-11,15-16,18-22H,12-14H2,1-2H3;5-10H2,1-4H3,(H,13,14);7-8H,6H2,1-5H3. The van der Waals surface area contributed by atoms with Crippen LogP contribution in [0.3, 0.4) is 0 Å². The molecular formula is C86H138B2N6O16. The number of aliphatic carboxylic acids is 2. The summed E-state index contributed by atoms with van der Waals surface area (Å²) >= 11 is 0. The van der Waals surface area contributed by atoms with Gasteiger partial charge in [-0.05, 0) is 199 Å². The van der Waals surface area contributed by atoms with Crippen molar-refractivity contribution in [1.29, 1.82) is 0 Å². The molecule has 0 aromatic heterocycles. The van der Waals surface area contributed by atoms with Crippen molar-refractivity contribution in [1.82, 2.24) is 31.3 Å². The summed E-state index contributed by atoms with van der Waals surface area (Å²) in [6.45, 7) is 33.6. The van der Waals surface area contributed by atoms with Crippen LogP contribution in [-0.4, -0.2) is 150 Å². The summed E-state index contributed by atoms with van der Waals surface area (Å²) in [5, 5.41) is 54.7. The molecule has 2 saturated heterocycles. The van der Waals surface area contributed by atoms with E-state index in [1.54, 1.807) is 27.5 Å². The summed E-state index contributed by atoms with van der Waals surface area (Å²) in [6.07, 6.45) is 30.1. The molecule has 2 fully saturated rings. The molecule has 3 amide bonds. The number of hydrogen-bond donors (Lipinski definition) is 9. The van der Waals surface area contributed by atoms with Crippen LogP contribution in [-0.2, 0) is 52.6 Å². The molecule has 0 bridgehead atoms. The first-order chi connectivity index (χ1) is 52.2. The minimum atomic E-state index is -1.16. The number of nitrogens with one attached hydrogen (secondary N) is 5. The van der Waals surface area contributed by atoms with Gasteiger partial charge < -0.3 is 60.9 Å². The Bertz CT molecular complexity index is 3170. The van der Waals surface area contributed by atoms with E-state index in [0.29, 0.717) is 70.4 Å². The van der Waals surface area contributed by atoms with Gasteiger partial charge in [-0.15, -0.1) is 0 Å². The lowest BCUT2D eigenvalue weighted by Gasteiger charge is -2.38. The molecule has 4 aliphatic rings. The number of carbonyl (C=O) groups excluding carboxylic acids is 7. The van der Waals surface area contributed by atoms with Crippen LogP contribution in [0, 0.1) is 71.0 Å². The molecule has 2 aliphatic carbocycles. The molecule has 0 spiro atoms. The molecule has 0 saturated carbocycles. The van der Waals surface area contributed by atoms with Crippen molar-refractivity contribution in [2.75, 3.05) is 39.3 Å². The van der Waals surface area contributed by atoms with Crippen LogP contribution in [0.25, 0.3) is 0 Å². The monoisotopic (exact) mass is 1530 g/mol. The molecule has 24 heteroatoms. The predicted molar refractivity (Wildman–Crippen MR) is 437 cm³/mol. The number of amides is 3. The summed E-state index contributed by atoms with van der Waals surface area (Å²) in [7, 11) is -1.12. The number of ether oxygens (including phenoxy) is 3. The molecule has 614 valence electrons. The van der Waals surface area contributed by atoms with Crippen molar-refractivity contribution in [2.45, 2.75) is 255 Å². The van der Waals surface area contributed by atoms with Crippen molar-refractivity contribution in [2.24, 2.45) is 71.0 Å². The molecule has 14 atom stereocenters. The molecule has 0 radical (unpaired) electrons. The Kier molecular flexibility index (Phi) is 46.6. The van der Waals surface area contributed by atoms with Gasteiger partial charge >= 0.3 is 56.0 Å². The van der Waals surface area contributed by atoms with E-state index in [1.807, 2.05) is 144 Å². The zero-order valence-electron chi connectivity index (χ0n) is 69.1. The number of carbonyl (C=O) groups is 9. The first-order valence-electron chi connectivity index (χ1n) is 41.1. The number of esters is 4. The predicted octanol–water partition coefficient (Wildman–Crippen LogP) is 14.3. The van der Waals surface area contributed by atoms with Gasteiger partial charge in [0, 0.05) is 37.6 Å². The number of benzene rings is 2. The smallest absolute Gasteiger partial charge is 0.407 e. The summed E-state index contributed by atoms with van der Waals surface area (Å²) in [5.74, 6) is -13.3. The number of rotatable bonds is 45. The van der Waals surface area contributed by atoms with Gasteiger partial charge in [0.15, 0.2) is 0 Å². The fraction of sp³-hybridized carbons (Fsp3) is 0.663. The van der Waals surface area contributed by atoms with Gasteiger partial charge in [-0.3, -0.25) is 43.3 Å². The minimum absolute atomic E-state index is 0.0336. The number of hydrogen-bond acceptors (Lipinski definition) is 17. The zero-order valence-corrected chi connectivity index (χ0v) is 69.1. The summed E-state index contributed by atoms with van der Waals surface area (Å²) in [4.78, 5) is 118. The van der Waals surface area contributed by atoms with Crippen molar-refractivity contribution >= 4 is 67.8 Å². The van der Waals surface area contributed by atoms with E-state index >= 15 is 0 Å². The quantitative estimate of drug-likeness (QED) is 0.00978. The molecule has 2 aliphatic heterocycles. The first-order valence-corrected chi connectivity index (χ1v) is 41.1. The van der Waals surface area contributed by atoms with Gasteiger partial charge in [0.1, 0.15) is 5.60 Å². The topological polar surface area (TPSA) is 326 Å². The number of alkyl carbamates (subject to hydrolysis) is 1. The molecule has 14 unspecified atom stereocenters. The van der Waals surface area contributed by atoms with Crippen LogP contribution in [0.1, 0.15) is 235 Å². The van der Waals surface area contributed by atoms with E-state index in [9.17, 15) is 63.4 Å². The molecule has 2 aromatic carbocycles. The van der Waals surface area contributed by atoms with Gasteiger partial charge in [-0.25, -0.2) is 4.79 Å². The lowest BCUT2D eigenvalue weighted by atomic mass is 9.66. The van der Waals surface area contributed by atoms with Gasteiger partial charge in [-0.1, -0.05) is 202 Å². The molecule has 2 heterocycles. The molecule has 110 heavy (non-hydrogen) atoms. The van der Waals surface area contributed by atoms with Crippen molar-refractivity contribution in [3.05, 3.63) is 120 Å². The first kappa shape index (κ1) is 97.0. The fourth-order valence-corrected chi connectivity index (χ4v) is 15.3. The second-order valence-electron chi connectivity index (χ2n) is 32.1. The van der Waals surface area contributed by atoms with E-state index in [0.717, 1.165) is 75.6 Å². The maximum Gasteiger partial charge on any atom is 0.407 e. The van der Waals surface area contributed by atoms with Crippen LogP contribution in [0.2, 0.25) is 13.6 Å². The molecule has 2 aromatic rings. The van der Waals surface area contributed by atoms with Crippen molar-refractivity contribution in [3.63, 3.8) is 0 Å². The van der Waals surface area contributed by atoms with E-state index in [-0.39, 0.29) is 54.4 Å². The van der Waals surface area contributed by atoms with Crippen LogP contribution in [0.4, 0.5) is 4.79 Å². The number of allylic oxidation sites excluding steroid dienone is 8. The second-order valence-corrected chi connectivity index (χ2v) is 32.1. The Labute approximate surface area is 659 Å².